The van der Waals surface area contributed by atoms with E-state index >= 15 is 0 Å². The van der Waals surface area contributed by atoms with Crippen molar-refractivity contribution in [2.24, 2.45) is 11.8 Å². The lowest BCUT2D eigenvalue weighted by Crippen LogP contribution is -2.38. The Morgan fingerprint density at radius 2 is 2.00 bits per heavy atom. The molecule has 1 amide bonds. The zero-order chi connectivity index (χ0) is 20.9. The van der Waals surface area contributed by atoms with Gasteiger partial charge in [-0.2, -0.15) is 5.10 Å². The molecule has 2 aromatic rings. The van der Waals surface area contributed by atoms with Gasteiger partial charge in [-0.1, -0.05) is 0 Å². The molecule has 2 heterocycles. The van der Waals surface area contributed by atoms with Crippen LogP contribution in [0.1, 0.15) is 39.0 Å². The number of ether oxygens (including phenoxy) is 1. The van der Waals surface area contributed by atoms with Crippen LogP contribution >= 0.6 is 0 Å². The summed E-state index contributed by atoms with van der Waals surface area (Å²) in [6.07, 6.45) is 6.68. The fraction of sp³-hybridized carbons (Fsp3) is 0.522. The van der Waals surface area contributed by atoms with Crippen LogP contribution in [-0.2, 0) is 11.3 Å². The average Bonchev–Trinajstić information content (AvgIpc) is 3.55. The first-order valence-corrected chi connectivity index (χ1v) is 11.0. The van der Waals surface area contributed by atoms with Crippen molar-refractivity contribution in [3.05, 3.63) is 46.9 Å². The number of hydrogen-bond donors (Lipinski definition) is 1. The second kappa shape index (κ2) is 9.32. The molecule has 160 valence electrons. The molecule has 1 aromatic heterocycles. The van der Waals surface area contributed by atoms with Gasteiger partial charge in [0.15, 0.2) is 0 Å². The molecular formula is C23H30N4O3. The fourth-order valence-electron chi connectivity index (χ4n) is 4.02. The summed E-state index contributed by atoms with van der Waals surface area (Å²) in [7, 11) is 0. The minimum absolute atomic E-state index is 0.0176. The maximum atomic E-state index is 12.5. The molecule has 1 aliphatic carbocycles. The standard InChI is InChI=1S/C23H30N4O3/c1-2-30-21-9-7-19(8-10-21)25-22(28)12-18-4-3-11-26(15-18)20-13-23(29)27(24-14-20)16-17-5-6-17/h7-10,13-14,17-18H,2-6,11-12,15-16H2,1H3,(H,25,28). The number of amides is 1. The van der Waals surface area contributed by atoms with E-state index in [2.05, 4.69) is 15.3 Å². The quantitative estimate of drug-likeness (QED) is 0.723. The van der Waals surface area contributed by atoms with Crippen molar-refractivity contribution in [2.45, 2.75) is 45.6 Å². The van der Waals surface area contributed by atoms with E-state index < -0.39 is 0 Å². The van der Waals surface area contributed by atoms with Crippen LogP contribution in [0.5, 0.6) is 5.75 Å². The highest BCUT2D eigenvalue weighted by atomic mass is 16.5. The molecule has 2 aliphatic rings. The van der Waals surface area contributed by atoms with E-state index in [-0.39, 0.29) is 17.4 Å². The molecule has 0 spiro atoms. The Bertz CT molecular complexity index is 921. The molecule has 1 saturated carbocycles. The van der Waals surface area contributed by atoms with E-state index in [1.165, 1.54) is 12.8 Å². The minimum atomic E-state index is -0.0326. The molecular weight excluding hydrogens is 380 g/mol. The van der Waals surface area contributed by atoms with Crippen molar-refractivity contribution in [1.82, 2.24) is 9.78 Å². The number of nitrogens with one attached hydrogen (secondary N) is 1. The lowest BCUT2D eigenvalue weighted by Gasteiger charge is -2.34. The molecule has 1 saturated heterocycles. The number of benzene rings is 1. The third-order valence-electron chi connectivity index (χ3n) is 5.79. The smallest absolute Gasteiger partial charge is 0.268 e. The van der Waals surface area contributed by atoms with E-state index in [9.17, 15) is 9.59 Å². The molecule has 1 N–H and O–H groups in total. The summed E-state index contributed by atoms with van der Waals surface area (Å²) in [6.45, 7) is 4.95. The van der Waals surface area contributed by atoms with Crippen LogP contribution in [0.3, 0.4) is 0 Å². The van der Waals surface area contributed by atoms with Crippen LogP contribution in [-0.4, -0.2) is 35.4 Å². The normalized spacial score (nSPS) is 18.8. The summed E-state index contributed by atoms with van der Waals surface area (Å²) >= 11 is 0. The summed E-state index contributed by atoms with van der Waals surface area (Å²) in [5, 5.41) is 7.34. The van der Waals surface area contributed by atoms with Crippen LogP contribution < -0.4 is 20.5 Å². The first kappa shape index (κ1) is 20.4. The monoisotopic (exact) mass is 410 g/mol. The third kappa shape index (κ3) is 5.40. The molecule has 1 aromatic carbocycles. The second-order valence-corrected chi connectivity index (χ2v) is 8.34. The predicted octanol–water partition coefficient (Wildman–Crippen LogP) is 3.30. The Labute approximate surface area is 177 Å². The highest BCUT2D eigenvalue weighted by Crippen LogP contribution is 2.30. The van der Waals surface area contributed by atoms with Gasteiger partial charge < -0.3 is 15.0 Å². The van der Waals surface area contributed by atoms with Gasteiger partial charge in [0.2, 0.25) is 5.91 Å². The number of aromatic nitrogens is 2. The van der Waals surface area contributed by atoms with E-state index in [4.69, 9.17) is 4.74 Å². The summed E-state index contributed by atoms with van der Waals surface area (Å²) in [6, 6.07) is 9.13. The van der Waals surface area contributed by atoms with Gasteiger partial charge in [0, 0.05) is 37.8 Å². The van der Waals surface area contributed by atoms with Crippen LogP contribution in [0.4, 0.5) is 11.4 Å². The van der Waals surface area contributed by atoms with Gasteiger partial charge in [-0.25, -0.2) is 4.68 Å². The molecule has 7 heteroatoms. The van der Waals surface area contributed by atoms with Gasteiger partial charge in [-0.05, 0) is 68.7 Å². The summed E-state index contributed by atoms with van der Waals surface area (Å²) in [5.41, 5.74) is 1.61. The maximum absolute atomic E-state index is 12.5. The minimum Gasteiger partial charge on any atom is -0.494 e. The van der Waals surface area contributed by atoms with Crippen LogP contribution in [0.15, 0.2) is 41.3 Å². The predicted molar refractivity (Wildman–Crippen MR) is 117 cm³/mol. The van der Waals surface area contributed by atoms with Crippen molar-refractivity contribution in [3.63, 3.8) is 0 Å². The van der Waals surface area contributed by atoms with Crippen molar-refractivity contribution in [2.75, 3.05) is 29.9 Å². The van der Waals surface area contributed by atoms with E-state index in [1.807, 2.05) is 31.2 Å². The number of carbonyl (C=O) groups excluding carboxylic acids is 1. The number of carbonyl (C=O) groups is 1. The Morgan fingerprint density at radius 1 is 1.20 bits per heavy atom. The lowest BCUT2D eigenvalue weighted by molar-refractivity contribution is -0.117. The molecule has 1 atom stereocenters. The second-order valence-electron chi connectivity index (χ2n) is 8.34. The number of piperidine rings is 1. The average molecular weight is 411 g/mol. The van der Waals surface area contributed by atoms with Crippen molar-refractivity contribution in [1.29, 1.82) is 0 Å². The van der Waals surface area contributed by atoms with Crippen LogP contribution in [0.25, 0.3) is 0 Å². The molecule has 4 rings (SSSR count). The van der Waals surface area contributed by atoms with Crippen LogP contribution in [0.2, 0.25) is 0 Å². The molecule has 30 heavy (non-hydrogen) atoms. The summed E-state index contributed by atoms with van der Waals surface area (Å²) in [4.78, 5) is 27.1. The van der Waals surface area contributed by atoms with Gasteiger partial charge in [-0.15, -0.1) is 0 Å². The first-order chi connectivity index (χ1) is 14.6. The van der Waals surface area contributed by atoms with E-state index in [1.54, 1.807) is 16.9 Å². The largest absolute Gasteiger partial charge is 0.494 e. The van der Waals surface area contributed by atoms with Crippen molar-refractivity contribution >= 4 is 17.3 Å². The third-order valence-corrected chi connectivity index (χ3v) is 5.79. The summed E-state index contributed by atoms with van der Waals surface area (Å²) in [5.74, 6) is 1.69. The Kier molecular flexibility index (Phi) is 6.35. The number of anilines is 2. The highest BCUT2D eigenvalue weighted by molar-refractivity contribution is 5.90. The topological polar surface area (TPSA) is 76.5 Å². The van der Waals surface area contributed by atoms with Gasteiger partial charge in [0.05, 0.1) is 18.5 Å². The zero-order valence-electron chi connectivity index (χ0n) is 17.5. The maximum Gasteiger partial charge on any atom is 0.268 e. The first-order valence-electron chi connectivity index (χ1n) is 11.0. The van der Waals surface area contributed by atoms with Crippen molar-refractivity contribution in [3.8, 4) is 5.75 Å². The Balaban J connectivity index is 1.31. The van der Waals surface area contributed by atoms with Gasteiger partial charge >= 0.3 is 0 Å². The molecule has 1 unspecified atom stereocenters. The Hall–Kier alpha value is -2.83. The summed E-state index contributed by atoms with van der Waals surface area (Å²) < 4.78 is 7.01. The number of hydrogen-bond acceptors (Lipinski definition) is 5. The van der Waals surface area contributed by atoms with Gasteiger partial charge in [0.1, 0.15) is 5.75 Å². The molecule has 0 bridgehead atoms. The van der Waals surface area contributed by atoms with Crippen molar-refractivity contribution < 1.29 is 9.53 Å². The Morgan fingerprint density at radius 3 is 2.70 bits per heavy atom. The van der Waals surface area contributed by atoms with E-state index in [0.29, 0.717) is 18.9 Å². The van der Waals surface area contributed by atoms with E-state index in [0.717, 1.165) is 49.6 Å². The fourth-order valence-corrected chi connectivity index (χ4v) is 4.02. The molecule has 0 radical (unpaired) electrons. The molecule has 1 aliphatic heterocycles. The van der Waals surface area contributed by atoms with Crippen LogP contribution in [0, 0.1) is 11.8 Å². The lowest BCUT2D eigenvalue weighted by atomic mass is 9.94. The van der Waals surface area contributed by atoms with Gasteiger partial charge in [0.25, 0.3) is 5.56 Å². The highest BCUT2D eigenvalue weighted by Gasteiger charge is 2.25. The number of rotatable bonds is 8. The van der Waals surface area contributed by atoms with Gasteiger partial charge in [-0.3, -0.25) is 9.59 Å². The number of nitrogens with zero attached hydrogens (tertiary/aromatic N) is 3. The SMILES string of the molecule is CCOc1ccc(NC(=O)CC2CCCN(c3cnn(CC4CC4)c(=O)c3)C2)cc1. The zero-order valence-corrected chi connectivity index (χ0v) is 17.5. The molecule has 7 nitrogen and oxygen atoms in total. The molecule has 2 fully saturated rings.